The van der Waals surface area contributed by atoms with Gasteiger partial charge < -0.3 is 20.5 Å². The predicted octanol–water partition coefficient (Wildman–Crippen LogP) is 1.22. The summed E-state index contributed by atoms with van der Waals surface area (Å²) in [5, 5.41) is 9.19. The number of aliphatic hydroxyl groups is 1. The normalized spacial score (nSPS) is 15.5. The van der Waals surface area contributed by atoms with E-state index in [1.807, 2.05) is 20.8 Å². The topological polar surface area (TPSA) is 58.7 Å². The van der Waals surface area contributed by atoms with E-state index in [9.17, 15) is 5.11 Å². The van der Waals surface area contributed by atoms with E-state index >= 15 is 0 Å². The molecular formula is C13H30N2O2. The third kappa shape index (κ3) is 8.55. The summed E-state index contributed by atoms with van der Waals surface area (Å²) >= 11 is 0. The van der Waals surface area contributed by atoms with E-state index in [2.05, 4.69) is 11.9 Å². The molecule has 0 aliphatic rings. The second kappa shape index (κ2) is 8.86. The number of rotatable bonds is 10. The number of hydrogen-bond acceptors (Lipinski definition) is 4. The summed E-state index contributed by atoms with van der Waals surface area (Å²) in [5.74, 6) is 0. The van der Waals surface area contributed by atoms with Gasteiger partial charge in [-0.05, 0) is 46.7 Å². The zero-order valence-electron chi connectivity index (χ0n) is 11.9. The van der Waals surface area contributed by atoms with Gasteiger partial charge in [-0.25, -0.2) is 0 Å². The molecule has 0 radical (unpaired) electrons. The van der Waals surface area contributed by atoms with Crippen molar-refractivity contribution in [2.45, 2.75) is 51.7 Å². The second-order valence-corrected chi connectivity index (χ2v) is 5.20. The van der Waals surface area contributed by atoms with Crippen molar-refractivity contribution >= 4 is 0 Å². The van der Waals surface area contributed by atoms with E-state index in [4.69, 9.17) is 10.5 Å². The van der Waals surface area contributed by atoms with Gasteiger partial charge in [-0.15, -0.1) is 0 Å². The van der Waals surface area contributed by atoms with Gasteiger partial charge in [0.25, 0.3) is 0 Å². The molecule has 0 saturated heterocycles. The predicted molar refractivity (Wildman–Crippen MR) is 72.1 cm³/mol. The van der Waals surface area contributed by atoms with Gasteiger partial charge in [0, 0.05) is 12.1 Å². The van der Waals surface area contributed by atoms with Crippen molar-refractivity contribution in [2.24, 2.45) is 5.73 Å². The Morgan fingerprint density at radius 2 is 2.00 bits per heavy atom. The van der Waals surface area contributed by atoms with Crippen LogP contribution in [0.1, 0.15) is 40.0 Å². The lowest BCUT2D eigenvalue weighted by Gasteiger charge is -2.26. The Balaban J connectivity index is 3.60. The number of ether oxygens (including phenoxy) is 1. The van der Waals surface area contributed by atoms with Crippen LogP contribution < -0.4 is 5.73 Å². The fourth-order valence-corrected chi connectivity index (χ4v) is 1.62. The van der Waals surface area contributed by atoms with Crippen molar-refractivity contribution in [3.05, 3.63) is 0 Å². The molecule has 0 aliphatic carbocycles. The maximum atomic E-state index is 9.19. The molecule has 0 bridgehead atoms. The summed E-state index contributed by atoms with van der Waals surface area (Å²) in [6.07, 6.45) is 3.01. The lowest BCUT2D eigenvalue weighted by atomic mass is 9.92. The minimum Gasteiger partial charge on any atom is -0.394 e. The molecule has 0 aliphatic heterocycles. The minimum atomic E-state index is -0.394. The SMILES string of the molecule is CCC(N)(CO)CCCN(C)CCOC(C)C. The Morgan fingerprint density at radius 3 is 2.47 bits per heavy atom. The number of aliphatic hydroxyl groups excluding tert-OH is 1. The Labute approximate surface area is 106 Å². The number of nitrogens with zero attached hydrogens (tertiary/aromatic N) is 1. The van der Waals surface area contributed by atoms with Crippen LogP contribution in [0.4, 0.5) is 0 Å². The molecular weight excluding hydrogens is 216 g/mol. The third-order valence-corrected chi connectivity index (χ3v) is 3.16. The molecule has 0 aromatic heterocycles. The van der Waals surface area contributed by atoms with Crippen LogP contribution in [-0.2, 0) is 4.74 Å². The first kappa shape index (κ1) is 16.8. The van der Waals surface area contributed by atoms with Crippen LogP contribution in [-0.4, -0.2) is 55.0 Å². The summed E-state index contributed by atoms with van der Waals surface area (Å²) < 4.78 is 5.50. The number of nitrogens with two attached hydrogens (primary N) is 1. The summed E-state index contributed by atoms with van der Waals surface area (Å²) in [6.45, 7) is 8.91. The molecule has 0 aromatic carbocycles. The van der Waals surface area contributed by atoms with Gasteiger partial charge in [0.15, 0.2) is 0 Å². The van der Waals surface area contributed by atoms with Gasteiger partial charge >= 0.3 is 0 Å². The van der Waals surface area contributed by atoms with Gasteiger partial charge in [0.05, 0.1) is 19.3 Å². The van der Waals surface area contributed by atoms with E-state index in [-0.39, 0.29) is 6.61 Å². The van der Waals surface area contributed by atoms with E-state index in [1.54, 1.807) is 0 Å². The standard InChI is InChI=1S/C13H30N2O2/c1-5-13(14,11-16)7-6-8-15(4)9-10-17-12(2)3/h12,16H,5-11,14H2,1-4H3. The van der Waals surface area contributed by atoms with Gasteiger partial charge in [-0.1, -0.05) is 6.92 Å². The van der Waals surface area contributed by atoms with Crippen molar-refractivity contribution in [3.8, 4) is 0 Å². The smallest absolute Gasteiger partial charge is 0.0611 e. The molecule has 1 unspecified atom stereocenters. The molecule has 4 nitrogen and oxygen atoms in total. The highest BCUT2D eigenvalue weighted by Gasteiger charge is 2.20. The van der Waals surface area contributed by atoms with Crippen LogP contribution in [0, 0.1) is 0 Å². The molecule has 4 heteroatoms. The summed E-state index contributed by atoms with van der Waals surface area (Å²) in [5.41, 5.74) is 5.64. The van der Waals surface area contributed by atoms with Gasteiger partial charge in [-0.2, -0.15) is 0 Å². The summed E-state index contributed by atoms with van der Waals surface area (Å²) in [6, 6.07) is 0. The van der Waals surface area contributed by atoms with E-state index in [0.717, 1.165) is 39.0 Å². The van der Waals surface area contributed by atoms with Crippen LogP contribution in [0.2, 0.25) is 0 Å². The molecule has 17 heavy (non-hydrogen) atoms. The second-order valence-electron chi connectivity index (χ2n) is 5.20. The molecule has 0 aromatic rings. The highest BCUT2D eigenvalue weighted by molar-refractivity contribution is 4.81. The highest BCUT2D eigenvalue weighted by Crippen LogP contribution is 2.13. The van der Waals surface area contributed by atoms with Crippen LogP contribution in [0.15, 0.2) is 0 Å². The average molecular weight is 246 g/mol. The first-order valence-corrected chi connectivity index (χ1v) is 6.63. The quantitative estimate of drug-likeness (QED) is 0.608. The lowest BCUT2D eigenvalue weighted by molar-refractivity contribution is 0.0630. The summed E-state index contributed by atoms with van der Waals surface area (Å²) in [4.78, 5) is 2.25. The van der Waals surface area contributed by atoms with Crippen molar-refractivity contribution in [3.63, 3.8) is 0 Å². The van der Waals surface area contributed by atoms with Gasteiger partial charge in [0.2, 0.25) is 0 Å². The largest absolute Gasteiger partial charge is 0.394 e. The average Bonchev–Trinajstić information content (AvgIpc) is 2.28. The molecule has 0 amide bonds. The van der Waals surface area contributed by atoms with Crippen LogP contribution in [0.25, 0.3) is 0 Å². The molecule has 0 heterocycles. The Kier molecular flexibility index (Phi) is 8.78. The number of likely N-dealkylation sites (N-methyl/N-ethyl adjacent to an activating group) is 1. The van der Waals surface area contributed by atoms with E-state index in [0.29, 0.717) is 6.10 Å². The fourth-order valence-electron chi connectivity index (χ4n) is 1.62. The van der Waals surface area contributed by atoms with Crippen LogP contribution in [0.5, 0.6) is 0 Å². The van der Waals surface area contributed by atoms with Crippen molar-refractivity contribution in [1.82, 2.24) is 4.90 Å². The Bertz CT molecular complexity index is 182. The molecule has 104 valence electrons. The van der Waals surface area contributed by atoms with E-state index in [1.165, 1.54) is 0 Å². The van der Waals surface area contributed by atoms with Crippen molar-refractivity contribution in [2.75, 3.05) is 33.4 Å². The molecule has 0 rings (SSSR count). The molecule has 3 N–H and O–H groups in total. The highest BCUT2D eigenvalue weighted by atomic mass is 16.5. The first-order chi connectivity index (χ1) is 7.93. The van der Waals surface area contributed by atoms with Crippen molar-refractivity contribution < 1.29 is 9.84 Å². The molecule has 1 atom stereocenters. The van der Waals surface area contributed by atoms with Crippen molar-refractivity contribution in [1.29, 1.82) is 0 Å². The monoisotopic (exact) mass is 246 g/mol. The van der Waals surface area contributed by atoms with E-state index < -0.39 is 5.54 Å². The Morgan fingerprint density at radius 1 is 1.35 bits per heavy atom. The first-order valence-electron chi connectivity index (χ1n) is 6.63. The Hall–Kier alpha value is -0.160. The summed E-state index contributed by atoms with van der Waals surface area (Å²) in [7, 11) is 2.09. The number of hydrogen-bond donors (Lipinski definition) is 2. The molecule has 0 spiro atoms. The zero-order valence-corrected chi connectivity index (χ0v) is 11.9. The van der Waals surface area contributed by atoms with Gasteiger partial charge in [0.1, 0.15) is 0 Å². The van der Waals surface area contributed by atoms with Crippen LogP contribution >= 0.6 is 0 Å². The molecule has 0 saturated carbocycles. The third-order valence-electron chi connectivity index (χ3n) is 3.16. The maximum absolute atomic E-state index is 9.19. The maximum Gasteiger partial charge on any atom is 0.0611 e. The van der Waals surface area contributed by atoms with Gasteiger partial charge in [-0.3, -0.25) is 0 Å². The minimum absolute atomic E-state index is 0.0731. The molecule has 0 fully saturated rings. The zero-order chi connectivity index (χ0) is 13.3. The van der Waals surface area contributed by atoms with Crippen LogP contribution in [0.3, 0.4) is 0 Å². The fraction of sp³-hybridized carbons (Fsp3) is 1.00. The lowest BCUT2D eigenvalue weighted by Crippen LogP contribution is -2.43.